The van der Waals surface area contributed by atoms with E-state index in [2.05, 4.69) is 13.8 Å². The third kappa shape index (κ3) is 1.38. The first-order chi connectivity index (χ1) is 5.63. The number of aliphatic hydroxyl groups excluding tert-OH is 1. The van der Waals surface area contributed by atoms with E-state index in [0.717, 1.165) is 6.42 Å². The summed E-state index contributed by atoms with van der Waals surface area (Å²) in [5, 5.41) is 9.67. The summed E-state index contributed by atoms with van der Waals surface area (Å²) in [6.45, 7) is 4.94. The summed E-state index contributed by atoms with van der Waals surface area (Å²) in [6.07, 6.45) is 3.27. The van der Waals surface area contributed by atoms with Crippen molar-refractivity contribution in [2.75, 3.05) is 6.61 Å². The smallest absolute Gasteiger partial charge is 0.0805 e. The number of aliphatic hydroxyl groups is 1. The molecule has 2 atom stereocenters. The second-order valence-electron chi connectivity index (χ2n) is 4.67. The average Bonchev–Trinajstić information content (AvgIpc) is 2.76. The van der Waals surface area contributed by atoms with Gasteiger partial charge in [-0.3, -0.25) is 0 Å². The van der Waals surface area contributed by atoms with E-state index >= 15 is 0 Å². The van der Waals surface area contributed by atoms with Crippen LogP contribution in [0.4, 0.5) is 0 Å². The summed E-state index contributed by atoms with van der Waals surface area (Å²) in [5.74, 6) is 1.04. The van der Waals surface area contributed by atoms with Crippen LogP contribution in [0.25, 0.3) is 0 Å². The van der Waals surface area contributed by atoms with Gasteiger partial charge in [0.25, 0.3) is 0 Å². The molecule has 0 bridgehead atoms. The molecule has 1 saturated heterocycles. The van der Waals surface area contributed by atoms with Gasteiger partial charge < -0.3 is 9.84 Å². The average molecular weight is 170 g/mol. The van der Waals surface area contributed by atoms with Gasteiger partial charge >= 0.3 is 0 Å². The minimum Gasteiger partial charge on any atom is -0.390 e. The fourth-order valence-corrected chi connectivity index (χ4v) is 2.18. The highest BCUT2D eigenvalue weighted by atomic mass is 16.5. The molecule has 1 saturated carbocycles. The lowest BCUT2D eigenvalue weighted by molar-refractivity contribution is -0.112. The van der Waals surface area contributed by atoms with Crippen molar-refractivity contribution in [3.05, 3.63) is 0 Å². The van der Waals surface area contributed by atoms with Crippen LogP contribution in [0.2, 0.25) is 0 Å². The van der Waals surface area contributed by atoms with Crippen LogP contribution in [0.1, 0.15) is 33.1 Å². The quantitative estimate of drug-likeness (QED) is 0.647. The lowest BCUT2D eigenvalue weighted by Gasteiger charge is -2.36. The second kappa shape index (κ2) is 2.71. The Hall–Kier alpha value is -0.0800. The molecule has 2 heteroatoms. The molecule has 2 aliphatic rings. The maximum absolute atomic E-state index is 9.67. The molecular formula is C10H18O2. The van der Waals surface area contributed by atoms with Crippen LogP contribution < -0.4 is 0 Å². The molecule has 1 N–H and O–H groups in total. The molecule has 2 rings (SSSR count). The summed E-state index contributed by atoms with van der Waals surface area (Å²) in [5.41, 5.74) is 0.203. The summed E-state index contributed by atoms with van der Waals surface area (Å²) in [7, 11) is 0. The van der Waals surface area contributed by atoms with Crippen molar-refractivity contribution >= 4 is 0 Å². The van der Waals surface area contributed by atoms with Crippen LogP contribution in [-0.4, -0.2) is 23.4 Å². The maximum atomic E-state index is 9.67. The SMILES string of the molecule is CC(C)C1CC2(CC2)OC[C@@H]1O. The van der Waals surface area contributed by atoms with Gasteiger partial charge in [-0.05, 0) is 31.1 Å². The van der Waals surface area contributed by atoms with E-state index in [9.17, 15) is 5.11 Å². The van der Waals surface area contributed by atoms with E-state index in [1.54, 1.807) is 0 Å². The zero-order valence-electron chi connectivity index (χ0n) is 7.92. The summed E-state index contributed by atoms with van der Waals surface area (Å²) in [6, 6.07) is 0. The minimum atomic E-state index is -0.226. The van der Waals surface area contributed by atoms with Crippen LogP contribution >= 0.6 is 0 Å². The van der Waals surface area contributed by atoms with Crippen LogP contribution in [0, 0.1) is 11.8 Å². The Morgan fingerprint density at radius 3 is 2.58 bits per heavy atom. The van der Waals surface area contributed by atoms with E-state index in [4.69, 9.17) is 4.74 Å². The Labute approximate surface area is 73.9 Å². The van der Waals surface area contributed by atoms with Crippen LogP contribution in [-0.2, 0) is 4.74 Å². The van der Waals surface area contributed by atoms with Crippen molar-refractivity contribution in [3.8, 4) is 0 Å². The predicted octanol–water partition coefficient (Wildman–Crippen LogP) is 1.57. The highest BCUT2D eigenvalue weighted by molar-refractivity contribution is 5.01. The number of rotatable bonds is 1. The van der Waals surface area contributed by atoms with Crippen molar-refractivity contribution in [1.82, 2.24) is 0 Å². The standard InChI is InChI=1S/C10H18O2/c1-7(2)8-5-10(3-4-10)12-6-9(8)11/h7-9,11H,3-6H2,1-2H3/t8?,9-/m0/s1. The summed E-state index contributed by atoms with van der Waals surface area (Å²) < 4.78 is 5.62. The molecule has 0 radical (unpaired) electrons. The van der Waals surface area contributed by atoms with Crippen molar-refractivity contribution in [2.24, 2.45) is 11.8 Å². The molecule has 2 nitrogen and oxygen atoms in total. The van der Waals surface area contributed by atoms with E-state index in [0.29, 0.717) is 18.4 Å². The zero-order chi connectivity index (χ0) is 8.77. The normalized spacial score (nSPS) is 39.0. The maximum Gasteiger partial charge on any atom is 0.0805 e. The molecule has 0 aromatic heterocycles. The number of ether oxygens (including phenoxy) is 1. The lowest BCUT2D eigenvalue weighted by atomic mass is 9.83. The molecule has 1 heterocycles. The van der Waals surface area contributed by atoms with Crippen molar-refractivity contribution in [2.45, 2.75) is 44.8 Å². The van der Waals surface area contributed by atoms with Crippen LogP contribution in [0.3, 0.4) is 0 Å². The molecule has 0 amide bonds. The van der Waals surface area contributed by atoms with Gasteiger partial charge in [0, 0.05) is 0 Å². The summed E-state index contributed by atoms with van der Waals surface area (Å²) >= 11 is 0. The molecule has 1 aliphatic heterocycles. The van der Waals surface area contributed by atoms with Gasteiger partial charge in [-0.25, -0.2) is 0 Å². The Morgan fingerprint density at radius 2 is 2.08 bits per heavy atom. The Morgan fingerprint density at radius 1 is 1.42 bits per heavy atom. The molecule has 1 aliphatic carbocycles. The van der Waals surface area contributed by atoms with Gasteiger partial charge in [-0.2, -0.15) is 0 Å². The Bertz CT molecular complexity index is 173. The fraction of sp³-hybridized carbons (Fsp3) is 1.00. The number of hydrogen-bond donors (Lipinski definition) is 1. The van der Waals surface area contributed by atoms with E-state index < -0.39 is 0 Å². The summed E-state index contributed by atoms with van der Waals surface area (Å²) in [4.78, 5) is 0. The monoisotopic (exact) mass is 170 g/mol. The van der Waals surface area contributed by atoms with Crippen LogP contribution in [0.5, 0.6) is 0 Å². The highest BCUT2D eigenvalue weighted by Gasteiger charge is 2.50. The van der Waals surface area contributed by atoms with E-state index in [1.807, 2.05) is 0 Å². The molecule has 1 spiro atoms. The highest BCUT2D eigenvalue weighted by Crippen LogP contribution is 2.49. The topological polar surface area (TPSA) is 29.5 Å². The molecule has 12 heavy (non-hydrogen) atoms. The molecule has 0 aromatic carbocycles. The van der Waals surface area contributed by atoms with Gasteiger partial charge in [0.1, 0.15) is 0 Å². The van der Waals surface area contributed by atoms with Gasteiger partial charge in [0.15, 0.2) is 0 Å². The van der Waals surface area contributed by atoms with Gasteiger partial charge in [0.2, 0.25) is 0 Å². The first kappa shape index (κ1) is 8.52. The minimum absolute atomic E-state index is 0.203. The van der Waals surface area contributed by atoms with Crippen molar-refractivity contribution < 1.29 is 9.84 Å². The first-order valence-corrected chi connectivity index (χ1v) is 4.95. The number of hydrogen-bond acceptors (Lipinski definition) is 2. The van der Waals surface area contributed by atoms with Crippen molar-refractivity contribution in [1.29, 1.82) is 0 Å². The second-order valence-corrected chi connectivity index (χ2v) is 4.67. The first-order valence-electron chi connectivity index (χ1n) is 4.95. The molecular weight excluding hydrogens is 152 g/mol. The Balaban J connectivity index is 2.00. The van der Waals surface area contributed by atoms with E-state index in [-0.39, 0.29) is 11.7 Å². The zero-order valence-corrected chi connectivity index (χ0v) is 7.92. The van der Waals surface area contributed by atoms with Gasteiger partial charge in [-0.15, -0.1) is 0 Å². The van der Waals surface area contributed by atoms with E-state index in [1.165, 1.54) is 12.8 Å². The van der Waals surface area contributed by atoms with Gasteiger partial charge in [-0.1, -0.05) is 13.8 Å². The Kier molecular flexibility index (Phi) is 1.92. The molecule has 0 aromatic rings. The van der Waals surface area contributed by atoms with Gasteiger partial charge in [0.05, 0.1) is 18.3 Å². The molecule has 70 valence electrons. The van der Waals surface area contributed by atoms with Crippen LogP contribution in [0.15, 0.2) is 0 Å². The third-order valence-electron chi connectivity index (χ3n) is 3.33. The molecule has 2 fully saturated rings. The largest absolute Gasteiger partial charge is 0.390 e. The third-order valence-corrected chi connectivity index (χ3v) is 3.33. The molecule has 1 unspecified atom stereocenters. The fourth-order valence-electron chi connectivity index (χ4n) is 2.18. The lowest BCUT2D eigenvalue weighted by Crippen LogP contribution is -2.40. The predicted molar refractivity (Wildman–Crippen MR) is 46.9 cm³/mol. The van der Waals surface area contributed by atoms with Crippen molar-refractivity contribution in [3.63, 3.8) is 0 Å².